The van der Waals surface area contributed by atoms with Crippen LogP contribution in [0.1, 0.15) is 0 Å². The van der Waals surface area contributed by atoms with E-state index in [1.165, 1.54) is 0 Å². The molecule has 0 aliphatic rings. The normalized spacial score (nSPS) is 16.5. The largest absolute Gasteiger partial charge is 0.459 e. The second kappa shape index (κ2) is 4.22. The van der Waals surface area contributed by atoms with Gasteiger partial charge in [0.2, 0.25) is 0 Å². The van der Waals surface area contributed by atoms with Crippen molar-refractivity contribution < 1.29 is 43.7 Å². The standard InChI is InChI=1S/C4H3F7O3S/c5-2(6,1-14-15(12)13)3(7,8)4(9,10)11/h1H2,(H,12,13). The molecule has 0 aliphatic carbocycles. The van der Waals surface area contributed by atoms with Gasteiger partial charge in [0.25, 0.3) is 0 Å². The first kappa shape index (κ1) is 14.6. The molecule has 1 unspecified atom stereocenters. The Bertz CT molecular complexity index is 249. The van der Waals surface area contributed by atoms with Crippen LogP contribution in [-0.2, 0) is 15.5 Å². The van der Waals surface area contributed by atoms with Crippen LogP contribution in [0.4, 0.5) is 30.7 Å². The molecule has 0 aromatic carbocycles. The van der Waals surface area contributed by atoms with E-state index in [0.29, 0.717) is 0 Å². The lowest BCUT2D eigenvalue weighted by atomic mass is 10.2. The second-order valence-electron chi connectivity index (χ2n) is 2.26. The monoisotopic (exact) mass is 264 g/mol. The summed E-state index contributed by atoms with van der Waals surface area (Å²) in [5.41, 5.74) is 0. The average Bonchev–Trinajstić information content (AvgIpc) is 1.98. The summed E-state index contributed by atoms with van der Waals surface area (Å²) in [5, 5.41) is 0. The predicted molar refractivity (Wildman–Crippen MR) is 32.7 cm³/mol. The molecule has 0 rings (SSSR count). The lowest BCUT2D eigenvalue weighted by Crippen LogP contribution is -2.54. The third-order valence-electron chi connectivity index (χ3n) is 1.16. The van der Waals surface area contributed by atoms with Crippen LogP contribution in [0.3, 0.4) is 0 Å². The lowest BCUT2D eigenvalue weighted by molar-refractivity contribution is -0.358. The molecule has 3 nitrogen and oxygen atoms in total. The zero-order chi connectivity index (χ0) is 12.5. The Kier molecular flexibility index (Phi) is 4.10. The molecular formula is C4H3F7O3S. The fraction of sp³-hybridized carbons (Fsp3) is 1.00. The molecular weight excluding hydrogens is 261 g/mol. The smallest absolute Gasteiger partial charge is 0.284 e. The van der Waals surface area contributed by atoms with Crippen molar-refractivity contribution in [3.63, 3.8) is 0 Å². The van der Waals surface area contributed by atoms with E-state index in [4.69, 9.17) is 4.55 Å². The van der Waals surface area contributed by atoms with Crippen LogP contribution in [0.15, 0.2) is 0 Å². The molecule has 0 heterocycles. The Morgan fingerprint density at radius 3 is 1.73 bits per heavy atom. The van der Waals surface area contributed by atoms with E-state index >= 15 is 0 Å². The Balaban J connectivity index is 4.77. The highest BCUT2D eigenvalue weighted by Gasteiger charge is 2.73. The van der Waals surface area contributed by atoms with Crippen molar-refractivity contribution in [2.24, 2.45) is 0 Å². The van der Waals surface area contributed by atoms with E-state index in [2.05, 4.69) is 4.18 Å². The van der Waals surface area contributed by atoms with Crippen molar-refractivity contribution in [3.8, 4) is 0 Å². The van der Waals surface area contributed by atoms with Crippen molar-refractivity contribution >= 4 is 11.4 Å². The first-order valence-corrected chi connectivity index (χ1v) is 4.01. The zero-order valence-electron chi connectivity index (χ0n) is 6.52. The maximum Gasteiger partial charge on any atom is 0.459 e. The summed E-state index contributed by atoms with van der Waals surface area (Å²) in [7, 11) is 0. The molecule has 1 atom stereocenters. The van der Waals surface area contributed by atoms with E-state index in [-0.39, 0.29) is 0 Å². The van der Waals surface area contributed by atoms with Gasteiger partial charge in [-0.3, -0.25) is 8.74 Å². The van der Waals surface area contributed by atoms with Gasteiger partial charge in [0.15, 0.2) is 0 Å². The zero-order valence-corrected chi connectivity index (χ0v) is 7.34. The SMILES string of the molecule is O=S(O)OCC(F)(F)C(F)(F)C(F)(F)F. The summed E-state index contributed by atoms with van der Waals surface area (Å²) in [6.07, 6.45) is -6.48. The van der Waals surface area contributed by atoms with E-state index in [1.54, 1.807) is 0 Å². The molecule has 0 aliphatic heterocycles. The van der Waals surface area contributed by atoms with Gasteiger partial charge in [0.05, 0.1) is 0 Å². The molecule has 0 aromatic heterocycles. The second-order valence-corrected chi connectivity index (χ2v) is 2.93. The summed E-state index contributed by atoms with van der Waals surface area (Å²) < 4.78 is 103. The molecule has 0 aromatic rings. The fourth-order valence-corrected chi connectivity index (χ4v) is 0.671. The maximum absolute atomic E-state index is 12.2. The van der Waals surface area contributed by atoms with Crippen LogP contribution >= 0.6 is 0 Å². The summed E-state index contributed by atoms with van der Waals surface area (Å²) >= 11 is -3.35. The number of rotatable bonds is 4. The van der Waals surface area contributed by atoms with Crippen LogP contribution < -0.4 is 0 Å². The van der Waals surface area contributed by atoms with E-state index in [0.717, 1.165) is 0 Å². The third-order valence-corrected chi connectivity index (χ3v) is 1.48. The van der Waals surface area contributed by atoms with Crippen molar-refractivity contribution in [2.45, 2.75) is 18.0 Å². The highest BCUT2D eigenvalue weighted by Crippen LogP contribution is 2.46. The number of halogens is 7. The number of alkyl halides is 7. The maximum atomic E-state index is 12.2. The molecule has 15 heavy (non-hydrogen) atoms. The van der Waals surface area contributed by atoms with E-state index in [9.17, 15) is 34.9 Å². The highest BCUT2D eigenvalue weighted by atomic mass is 32.2. The first-order valence-electron chi connectivity index (χ1n) is 2.98. The van der Waals surface area contributed by atoms with Crippen molar-refractivity contribution in [1.82, 2.24) is 0 Å². The summed E-state index contributed by atoms with van der Waals surface area (Å²) in [4.78, 5) is 0. The number of hydrogen-bond acceptors (Lipinski definition) is 2. The van der Waals surface area contributed by atoms with Gasteiger partial charge in [-0.15, -0.1) is 0 Å². The Labute approximate surface area is 80.7 Å². The van der Waals surface area contributed by atoms with Crippen LogP contribution in [0.2, 0.25) is 0 Å². The van der Waals surface area contributed by atoms with E-state index < -0.39 is 36.0 Å². The predicted octanol–water partition coefficient (Wildman–Crippen LogP) is 1.97. The first-order chi connectivity index (χ1) is 6.42. The van der Waals surface area contributed by atoms with Gasteiger partial charge in [-0.1, -0.05) is 0 Å². The molecule has 1 N–H and O–H groups in total. The van der Waals surface area contributed by atoms with Gasteiger partial charge in [0, 0.05) is 0 Å². The van der Waals surface area contributed by atoms with Gasteiger partial charge in [-0.05, 0) is 0 Å². The quantitative estimate of drug-likeness (QED) is 0.623. The molecule has 0 radical (unpaired) electrons. The lowest BCUT2D eigenvalue weighted by Gasteiger charge is -2.27. The summed E-state index contributed by atoms with van der Waals surface area (Å²) in [6.45, 7) is -2.53. The molecule has 0 bridgehead atoms. The molecule has 0 fully saturated rings. The minimum atomic E-state index is -6.48. The average molecular weight is 264 g/mol. The van der Waals surface area contributed by atoms with Crippen LogP contribution in [0.5, 0.6) is 0 Å². The Morgan fingerprint density at radius 2 is 1.47 bits per heavy atom. The Morgan fingerprint density at radius 1 is 1.07 bits per heavy atom. The molecule has 0 saturated heterocycles. The van der Waals surface area contributed by atoms with Gasteiger partial charge in [-0.25, -0.2) is 0 Å². The fourth-order valence-electron chi connectivity index (χ4n) is 0.422. The number of hydrogen-bond donors (Lipinski definition) is 1. The van der Waals surface area contributed by atoms with Crippen molar-refractivity contribution in [3.05, 3.63) is 0 Å². The summed E-state index contributed by atoms with van der Waals surface area (Å²) in [6, 6.07) is 0. The Hall–Kier alpha value is -0.420. The summed E-state index contributed by atoms with van der Waals surface area (Å²) in [5.74, 6) is -12.0. The third kappa shape index (κ3) is 3.28. The van der Waals surface area contributed by atoms with Crippen molar-refractivity contribution in [2.75, 3.05) is 6.61 Å². The molecule has 11 heteroatoms. The minimum absolute atomic E-state index is 2.53. The van der Waals surface area contributed by atoms with Gasteiger partial charge in [0.1, 0.15) is 6.61 Å². The minimum Gasteiger partial charge on any atom is -0.284 e. The van der Waals surface area contributed by atoms with Crippen molar-refractivity contribution in [1.29, 1.82) is 0 Å². The van der Waals surface area contributed by atoms with Gasteiger partial charge in [-0.2, -0.15) is 34.9 Å². The highest BCUT2D eigenvalue weighted by molar-refractivity contribution is 7.74. The topological polar surface area (TPSA) is 46.5 Å². The molecule has 0 amide bonds. The van der Waals surface area contributed by atoms with Crippen LogP contribution in [-0.4, -0.2) is 33.4 Å². The molecule has 0 spiro atoms. The van der Waals surface area contributed by atoms with Crippen LogP contribution in [0.25, 0.3) is 0 Å². The molecule has 92 valence electrons. The van der Waals surface area contributed by atoms with E-state index in [1.807, 2.05) is 0 Å². The van der Waals surface area contributed by atoms with Gasteiger partial charge >= 0.3 is 29.4 Å². The van der Waals surface area contributed by atoms with Crippen LogP contribution in [0, 0.1) is 0 Å². The molecule has 0 saturated carbocycles. The van der Waals surface area contributed by atoms with Gasteiger partial charge < -0.3 is 0 Å².